The van der Waals surface area contributed by atoms with Crippen molar-refractivity contribution >= 4 is 50.9 Å². The molecule has 128 valence electrons. The molecule has 0 aliphatic heterocycles. The molecular weight excluding hydrogens is 426 g/mol. The minimum Gasteiger partial charge on any atom is -0.411 e. The van der Waals surface area contributed by atoms with Gasteiger partial charge in [0, 0.05) is 32.9 Å². The maximum atomic E-state index is 11.9. The Morgan fingerprint density at radius 3 is 2.56 bits per heavy atom. The Morgan fingerprint density at radius 2 is 1.84 bits per heavy atom. The molecule has 0 fully saturated rings. The van der Waals surface area contributed by atoms with E-state index in [2.05, 4.69) is 31.4 Å². The number of anilines is 1. The van der Waals surface area contributed by atoms with Gasteiger partial charge in [0.1, 0.15) is 0 Å². The first-order valence-electron chi connectivity index (χ1n) is 7.38. The van der Waals surface area contributed by atoms with Gasteiger partial charge in [-0.05, 0) is 48.5 Å². The van der Waals surface area contributed by atoms with E-state index < -0.39 is 0 Å². The van der Waals surface area contributed by atoms with Crippen molar-refractivity contribution in [3.8, 4) is 11.5 Å². The molecule has 1 heterocycles. The van der Waals surface area contributed by atoms with Crippen LogP contribution >= 0.6 is 39.3 Å². The van der Waals surface area contributed by atoms with Crippen molar-refractivity contribution in [2.24, 2.45) is 0 Å². The summed E-state index contributed by atoms with van der Waals surface area (Å²) in [7, 11) is 0. The topological polar surface area (TPSA) is 68.0 Å². The highest BCUT2D eigenvalue weighted by Gasteiger charge is 2.10. The van der Waals surface area contributed by atoms with Gasteiger partial charge in [0.25, 0.3) is 5.22 Å². The van der Waals surface area contributed by atoms with Crippen LogP contribution in [0.5, 0.6) is 0 Å². The fraction of sp³-hybridized carbons (Fsp3) is 0.118. The minimum atomic E-state index is -0.0627. The van der Waals surface area contributed by atoms with Crippen LogP contribution in [-0.4, -0.2) is 21.9 Å². The van der Waals surface area contributed by atoms with E-state index in [0.717, 1.165) is 15.7 Å². The molecule has 1 aromatic heterocycles. The van der Waals surface area contributed by atoms with E-state index in [1.165, 1.54) is 11.8 Å². The summed E-state index contributed by atoms with van der Waals surface area (Å²) in [5, 5.41) is 11.9. The number of amides is 1. The highest BCUT2D eigenvalue weighted by Crippen LogP contribution is 2.24. The van der Waals surface area contributed by atoms with Crippen LogP contribution in [0.15, 0.2) is 62.6 Å². The maximum Gasteiger partial charge on any atom is 0.276 e. The van der Waals surface area contributed by atoms with Gasteiger partial charge in [-0.3, -0.25) is 4.79 Å². The van der Waals surface area contributed by atoms with Crippen LogP contribution in [0.3, 0.4) is 0 Å². The molecule has 1 N–H and O–H groups in total. The standard InChI is InChI=1S/C17H13BrClN3O2S/c18-12-3-7-14(8-4-12)20-15(23)9-10-25-17-22-21-16(24-17)11-1-5-13(19)6-2-11/h1-8H,9-10H2,(H,20,23). The molecule has 0 aliphatic carbocycles. The van der Waals surface area contributed by atoms with Crippen LogP contribution in [0.1, 0.15) is 6.42 Å². The zero-order valence-corrected chi connectivity index (χ0v) is 16.1. The first-order valence-corrected chi connectivity index (χ1v) is 9.53. The van der Waals surface area contributed by atoms with Gasteiger partial charge in [-0.15, -0.1) is 10.2 Å². The van der Waals surface area contributed by atoms with Crippen molar-refractivity contribution in [3.05, 3.63) is 58.0 Å². The first kappa shape index (κ1) is 18.0. The lowest BCUT2D eigenvalue weighted by molar-refractivity contribution is -0.115. The number of carbonyl (C=O) groups excluding carboxylic acids is 1. The Hall–Kier alpha value is -1.83. The van der Waals surface area contributed by atoms with Gasteiger partial charge in [-0.25, -0.2) is 0 Å². The molecule has 0 unspecified atom stereocenters. The van der Waals surface area contributed by atoms with Gasteiger partial charge in [0.15, 0.2) is 0 Å². The van der Waals surface area contributed by atoms with E-state index in [4.69, 9.17) is 16.0 Å². The predicted octanol–water partition coefficient (Wildman–Crippen LogP) is 5.27. The molecule has 2 aromatic carbocycles. The van der Waals surface area contributed by atoms with Crippen molar-refractivity contribution in [2.75, 3.05) is 11.1 Å². The summed E-state index contributed by atoms with van der Waals surface area (Å²) in [6.45, 7) is 0. The zero-order valence-electron chi connectivity index (χ0n) is 12.9. The molecule has 3 aromatic rings. The van der Waals surface area contributed by atoms with E-state index in [1.807, 2.05) is 36.4 Å². The average Bonchev–Trinajstić information content (AvgIpc) is 3.06. The second kappa shape index (κ2) is 8.51. The fourth-order valence-electron chi connectivity index (χ4n) is 1.96. The summed E-state index contributed by atoms with van der Waals surface area (Å²) in [4.78, 5) is 11.9. The molecule has 0 atom stereocenters. The van der Waals surface area contributed by atoms with Crippen molar-refractivity contribution in [3.63, 3.8) is 0 Å². The van der Waals surface area contributed by atoms with E-state index in [1.54, 1.807) is 12.1 Å². The van der Waals surface area contributed by atoms with Crippen molar-refractivity contribution in [2.45, 2.75) is 11.6 Å². The molecule has 1 amide bonds. The SMILES string of the molecule is O=C(CCSc1nnc(-c2ccc(Cl)cc2)o1)Nc1ccc(Br)cc1. The molecule has 8 heteroatoms. The molecule has 5 nitrogen and oxygen atoms in total. The molecule has 0 saturated heterocycles. The molecule has 0 bridgehead atoms. The number of hydrogen-bond donors (Lipinski definition) is 1. The predicted molar refractivity (Wildman–Crippen MR) is 103 cm³/mol. The number of hydrogen-bond acceptors (Lipinski definition) is 5. The highest BCUT2D eigenvalue weighted by atomic mass is 79.9. The minimum absolute atomic E-state index is 0.0627. The van der Waals surface area contributed by atoms with Crippen molar-refractivity contribution in [1.29, 1.82) is 0 Å². The Morgan fingerprint density at radius 1 is 1.12 bits per heavy atom. The number of benzene rings is 2. The van der Waals surface area contributed by atoms with Gasteiger partial charge in [0.2, 0.25) is 11.8 Å². The van der Waals surface area contributed by atoms with Crippen LogP contribution in [0.4, 0.5) is 5.69 Å². The zero-order chi connectivity index (χ0) is 17.6. The number of nitrogens with zero attached hydrogens (tertiary/aromatic N) is 2. The normalized spacial score (nSPS) is 10.6. The van der Waals surface area contributed by atoms with E-state index in [-0.39, 0.29) is 5.91 Å². The largest absolute Gasteiger partial charge is 0.411 e. The highest BCUT2D eigenvalue weighted by molar-refractivity contribution is 9.10. The number of thioether (sulfide) groups is 1. The molecule has 0 spiro atoms. The molecule has 3 rings (SSSR count). The lowest BCUT2D eigenvalue weighted by Crippen LogP contribution is -2.11. The lowest BCUT2D eigenvalue weighted by Gasteiger charge is -2.04. The van der Waals surface area contributed by atoms with E-state index in [0.29, 0.717) is 28.3 Å². The van der Waals surface area contributed by atoms with E-state index >= 15 is 0 Å². The number of rotatable bonds is 6. The summed E-state index contributed by atoms with van der Waals surface area (Å²) in [6, 6.07) is 14.6. The van der Waals surface area contributed by atoms with E-state index in [9.17, 15) is 4.79 Å². The third-order valence-corrected chi connectivity index (χ3v) is 4.78. The number of carbonyl (C=O) groups is 1. The van der Waals surface area contributed by atoms with Gasteiger partial charge < -0.3 is 9.73 Å². The van der Waals surface area contributed by atoms with Gasteiger partial charge in [0.05, 0.1) is 0 Å². The number of aromatic nitrogens is 2. The Bertz CT molecular complexity index is 853. The summed E-state index contributed by atoms with van der Waals surface area (Å²) >= 11 is 10.6. The van der Waals surface area contributed by atoms with Crippen LogP contribution < -0.4 is 5.32 Å². The van der Waals surface area contributed by atoms with Crippen LogP contribution in [0, 0.1) is 0 Å². The lowest BCUT2D eigenvalue weighted by atomic mass is 10.2. The van der Waals surface area contributed by atoms with Crippen LogP contribution in [-0.2, 0) is 4.79 Å². The Balaban J connectivity index is 1.48. The van der Waals surface area contributed by atoms with Crippen molar-refractivity contribution in [1.82, 2.24) is 10.2 Å². The summed E-state index contributed by atoms with van der Waals surface area (Å²) in [5.74, 6) is 0.913. The number of nitrogens with one attached hydrogen (secondary N) is 1. The fourth-order valence-corrected chi connectivity index (χ4v) is 3.05. The van der Waals surface area contributed by atoms with Crippen molar-refractivity contribution < 1.29 is 9.21 Å². The summed E-state index contributed by atoms with van der Waals surface area (Å²) in [6.07, 6.45) is 0.347. The molecule has 0 aliphatic rings. The molecule has 0 radical (unpaired) electrons. The average molecular weight is 439 g/mol. The maximum absolute atomic E-state index is 11.9. The summed E-state index contributed by atoms with van der Waals surface area (Å²) < 4.78 is 6.55. The van der Waals surface area contributed by atoms with Gasteiger partial charge in [-0.1, -0.05) is 39.3 Å². The second-order valence-electron chi connectivity index (χ2n) is 5.03. The quantitative estimate of drug-likeness (QED) is 0.531. The van der Waals surface area contributed by atoms with Gasteiger partial charge >= 0.3 is 0 Å². The summed E-state index contributed by atoms with van der Waals surface area (Å²) in [5.41, 5.74) is 1.57. The Labute approximate surface area is 162 Å². The third kappa shape index (κ3) is 5.32. The molecular formula is C17H13BrClN3O2S. The van der Waals surface area contributed by atoms with Crippen LogP contribution in [0.2, 0.25) is 5.02 Å². The monoisotopic (exact) mass is 437 g/mol. The third-order valence-electron chi connectivity index (χ3n) is 3.18. The second-order valence-corrected chi connectivity index (χ2v) is 7.43. The van der Waals surface area contributed by atoms with Crippen LogP contribution in [0.25, 0.3) is 11.5 Å². The van der Waals surface area contributed by atoms with Gasteiger partial charge in [-0.2, -0.15) is 0 Å². The molecule has 0 saturated carbocycles. The number of halogens is 2. The molecule has 25 heavy (non-hydrogen) atoms. The first-order chi connectivity index (χ1) is 12.1. The Kier molecular flexibility index (Phi) is 6.12. The smallest absolute Gasteiger partial charge is 0.276 e.